The van der Waals surface area contributed by atoms with Gasteiger partial charge in [-0.3, -0.25) is 9.59 Å². The third kappa shape index (κ3) is 3.62. The largest absolute Gasteiger partial charge is 0.463 e. The maximum absolute atomic E-state index is 12.4. The van der Waals surface area contributed by atoms with Crippen molar-refractivity contribution in [2.24, 2.45) is 0 Å². The number of hydrogen-bond acceptors (Lipinski definition) is 7. The Hall–Kier alpha value is -3.53. The fourth-order valence-electron chi connectivity index (χ4n) is 2.69. The van der Waals surface area contributed by atoms with E-state index >= 15 is 0 Å². The van der Waals surface area contributed by atoms with Gasteiger partial charge in [0, 0.05) is 17.1 Å². The first-order chi connectivity index (χ1) is 13.5. The number of carbonyl (C=O) groups excluding carboxylic acids is 1. The molecule has 4 rings (SSSR count). The van der Waals surface area contributed by atoms with Gasteiger partial charge < -0.3 is 9.73 Å². The van der Waals surface area contributed by atoms with E-state index in [9.17, 15) is 9.59 Å². The number of amides is 1. The van der Waals surface area contributed by atoms with Crippen LogP contribution < -0.4 is 10.9 Å². The average Bonchev–Trinajstić information content (AvgIpc) is 3.38. The molecule has 28 heavy (non-hydrogen) atoms. The fraction of sp³-hybridized carbons (Fsp3) is 0.167. The van der Waals surface area contributed by atoms with E-state index in [-0.39, 0.29) is 12.1 Å². The average molecular weight is 396 g/mol. The van der Waals surface area contributed by atoms with Crippen LogP contribution in [0.25, 0.3) is 17.3 Å². The van der Waals surface area contributed by atoms with Gasteiger partial charge in [-0.1, -0.05) is 0 Å². The Morgan fingerprint density at radius 1 is 1.25 bits per heavy atom. The van der Waals surface area contributed by atoms with Crippen LogP contribution in [0.2, 0.25) is 0 Å². The van der Waals surface area contributed by atoms with E-state index in [4.69, 9.17) is 4.42 Å². The highest BCUT2D eigenvalue weighted by Gasteiger charge is 2.13. The number of rotatable bonds is 5. The van der Waals surface area contributed by atoms with Gasteiger partial charge in [-0.15, -0.1) is 16.4 Å². The summed E-state index contributed by atoms with van der Waals surface area (Å²) in [5.41, 5.74) is 1.97. The normalized spacial score (nSPS) is 10.9. The van der Waals surface area contributed by atoms with Crippen LogP contribution in [0.4, 0.5) is 5.13 Å². The summed E-state index contributed by atoms with van der Waals surface area (Å²) in [5, 5.41) is 13.5. The molecule has 0 aliphatic rings. The van der Waals surface area contributed by atoms with Gasteiger partial charge in [-0.2, -0.15) is 5.10 Å². The predicted molar refractivity (Wildman–Crippen MR) is 104 cm³/mol. The summed E-state index contributed by atoms with van der Waals surface area (Å²) >= 11 is 1.27. The minimum atomic E-state index is -0.402. The molecule has 0 aromatic carbocycles. The molecule has 4 aromatic rings. The quantitative estimate of drug-likeness (QED) is 0.555. The van der Waals surface area contributed by atoms with Crippen molar-refractivity contribution in [2.45, 2.75) is 20.4 Å². The van der Waals surface area contributed by atoms with Crippen LogP contribution >= 0.6 is 11.3 Å². The Labute approximate surface area is 163 Å². The maximum Gasteiger partial charge on any atom is 0.267 e. The van der Waals surface area contributed by atoms with Crippen molar-refractivity contribution in [3.63, 3.8) is 0 Å². The minimum absolute atomic E-state index is 0.234. The number of furan rings is 1. The van der Waals surface area contributed by atoms with Gasteiger partial charge in [0.15, 0.2) is 16.7 Å². The zero-order chi connectivity index (χ0) is 19.7. The van der Waals surface area contributed by atoms with Gasteiger partial charge in [-0.05, 0) is 38.1 Å². The molecule has 9 nitrogen and oxygen atoms in total. The van der Waals surface area contributed by atoms with Crippen LogP contribution in [0.5, 0.6) is 0 Å². The van der Waals surface area contributed by atoms with Gasteiger partial charge in [0.25, 0.3) is 5.56 Å². The molecule has 0 unspecified atom stereocenters. The number of thiazole rings is 1. The van der Waals surface area contributed by atoms with Crippen LogP contribution in [0.1, 0.15) is 11.4 Å². The molecular formula is C18H16N6O3S. The van der Waals surface area contributed by atoms with Crippen molar-refractivity contribution in [3.8, 4) is 17.3 Å². The number of aromatic nitrogens is 5. The highest BCUT2D eigenvalue weighted by Crippen LogP contribution is 2.24. The number of hydrogen-bond donors (Lipinski definition) is 1. The first-order valence-electron chi connectivity index (χ1n) is 8.40. The first-order valence-corrected chi connectivity index (χ1v) is 9.28. The van der Waals surface area contributed by atoms with E-state index in [1.54, 1.807) is 34.5 Å². The molecule has 0 saturated heterocycles. The fourth-order valence-corrected chi connectivity index (χ4v) is 3.40. The molecule has 0 fully saturated rings. The molecule has 0 aliphatic carbocycles. The number of anilines is 1. The highest BCUT2D eigenvalue weighted by molar-refractivity contribution is 7.14. The lowest BCUT2D eigenvalue weighted by molar-refractivity contribution is -0.117. The molecule has 142 valence electrons. The molecule has 0 bridgehead atoms. The smallest absolute Gasteiger partial charge is 0.267 e. The molecule has 10 heteroatoms. The van der Waals surface area contributed by atoms with E-state index in [1.807, 2.05) is 19.9 Å². The Morgan fingerprint density at radius 2 is 2.11 bits per heavy atom. The summed E-state index contributed by atoms with van der Waals surface area (Å²) in [4.78, 5) is 28.8. The maximum atomic E-state index is 12.4. The summed E-state index contributed by atoms with van der Waals surface area (Å²) in [5.74, 6) is 0.681. The van der Waals surface area contributed by atoms with Crippen molar-refractivity contribution in [1.29, 1.82) is 0 Å². The second-order valence-corrected chi connectivity index (χ2v) is 6.95. The van der Waals surface area contributed by atoms with Gasteiger partial charge in [0.1, 0.15) is 12.2 Å². The molecule has 0 saturated carbocycles. The number of nitrogens with one attached hydrogen (secondary N) is 1. The summed E-state index contributed by atoms with van der Waals surface area (Å²) < 4.78 is 8.01. The molecule has 1 amide bonds. The van der Waals surface area contributed by atoms with E-state index in [1.165, 1.54) is 17.4 Å². The highest BCUT2D eigenvalue weighted by atomic mass is 32.1. The van der Waals surface area contributed by atoms with Crippen molar-refractivity contribution in [2.75, 3.05) is 5.32 Å². The molecule has 4 heterocycles. The molecular weight excluding hydrogens is 380 g/mol. The predicted octanol–water partition coefficient (Wildman–Crippen LogP) is 2.40. The molecule has 0 radical (unpaired) electrons. The number of aryl methyl sites for hydroxylation is 2. The molecule has 0 aliphatic heterocycles. The third-order valence-electron chi connectivity index (χ3n) is 3.90. The summed E-state index contributed by atoms with van der Waals surface area (Å²) in [6.45, 7) is 3.53. The molecule has 0 atom stereocenters. The molecule has 0 spiro atoms. The Balaban J connectivity index is 1.51. The van der Waals surface area contributed by atoms with Crippen LogP contribution in [0.3, 0.4) is 0 Å². The standard InChI is InChI=1S/C18H16N6O3S/c1-11-8-12(2)24(21-11)15-5-6-17(26)23(22-15)9-16(25)20-18-19-13(10-28-18)14-4-3-7-27-14/h3-8,10H,9H2,1-2H3,(H,19,20,25). The summed E-state index contributed by atoms with van der Waals surface area (Å²) in [6, 6.07) is 8.40. The van der Waals surface area contributed by atoms with Gasteiger partial charge in [-0.25, -0.2) is 14.3 Å². The van der Waals surface area contributed by atoms with Crippen LogP contribution in [-0.4, -0.2) is 30.5 Å². The van der Waals surface area contributed by atoms with E-state index in [0.717, 1.165) is 16.1 Å². The second-order valence-electron chi connectivity index (χ2n) is 6.09. The lowest BCUT2D eigenvalue weighted by atomic mass is 10.4. The Kier molecular flexibility index (Phi) is 4.62. The van der Waals surface area contributed by atoms with Crippen molar-refractivity contribution in [1.82, 2.24) is 24.5 Å². The minimum Gasteiger partial charge on any atom is -0.463 e. The zero-order valence-electron chi connectivity index (χ0n) is 15.1. The second kappa shape index (κ2) is 7.24. The monoisotopic (exact) mass is 396 g/mol. The molecule has 4 aromatic heterocycles. The lowest BCUT2D eigenvalue weighted by Crippen LogP contribution is -2.30. The Bertz CT molecular complexity index is 1190. The van der Waals surface area contributed by atoms with Crippen LogP contribution in [0.15, 0.2) is 51.2 Å². The van der Waals surface area contributed by atoms with Crippen molar-refractivity contribution < 1.29 is 9.21 Å². The van der Waals surface area contributed by atoms with Crippen LogP contribution in [0, 0.1) is 13.8 Å². The van der Waals surface area contributed by atoms with E-state index in [2.05, 4.69) is 20.5 Å². The van der Waals surface area contributed by atoms with E-state index in [0.29, 0.717) is 22.4 Å². The third-order valence-corrected chi connectivity index (χ3v) is 4.65. The first kappa shape index (κ1) is 17.9. The SMILES string of the molecule is Cc1cc(C)n(-c2ccc(=O)n(CC(=O)Nc3nc(-c4ccco4)cs3)n2)n1. The van der Waals surface area contributed by atoms with Crippen molar-refractivity contribution >= 4 is 22.4 Å². The van der Waals surface area contributed by atoms with Crippen LogP contribution in [-0.2, 0) is 11.3 Å². The zero-order valence-corrected chi connectivity index (χ0v) is 15.9. The van der Waals surface area contributed by atoms with Gasteiger partial charge in [0.2, 0.25) is 5.91 Å². The number of nitrogens with zero attached hydrogens (tertiary/aromatic N) is 5. The molecule has 1 N–H and O–H groups in total. The van der Waals surface area contributed by atoms with Gasteiger partial charge in [0.05, 0.1) is 12.0 Å². The summed E-state index contributed by atoms with van der Waals surface area (Å²) in [7, 11) is 0. The van der Waals surface area contributed by atoms with Gasteiger partial charge >= 0.3 is 0 Å². The van der Waals surface area contributed by atoms with E-state index < -0.39 is 5.91 Å². The lowest BCUT2D eigenvalue weighted by Gasteiger charge is -2.08. The topological polar surface area (TPSA) is 108 Å². The number of carbonyl (C=O) groups is 1. The Morgan fingerprint density at radius 3 is 2.82 bits per heavy atom. The van der Waals surface area contributed by atoms with Crippen molar-refractivity contribution in [3.05, 3.63) is 63.7 Å². The summed E-state index contributed by atoms with van der Waals surface area (Å²) in [6.07, 6.45) is 1.56.